The lowest BCUT2D eigenvalue weighted by Gasteiger charge is -2.25. The van der Waals surface area contributed by atoms with E-state index in [-0.39, 0.29) is 12.6 Å². The van der Waals surface area contributed by atoms with Crippen LogP contribution in [0, 0.1) is 0 Å². The van der Waals surface area contributed by atoms with Crippen molar-refractivity contribution < 1.29 is 9.90 Å². The number of hydrogen-bond donors (Lipinski definition) is 3. The van der Waals surface area contributed by atoms with Crippen molar-refractivity contribution in [2.24, 2.45) is 0 Å². The summed E-state index contributed by atoms with van der Waals surface area (Å²) in [4.78, 5) is 16.6. The van der Waals surface area contributed by atoms with Gasteiger partial charge in [0.15, 0.2) is 0 Å². The molecule has 0 aliphatic heterocycles. The SMILES string of the molecule is CN(CC(C)(C)O)C(=O)NCc1cc2ccccc2[nH]1. The number of aliphatic hydroxyl groups is 1. The van der Waals surface area contributed by atoms with Crippen molar-refractivity contribution in [3.8, 4) is 0 Å². The lowest BCUT2D eigenvalue weighted by Crippen LogP contribution is -2.44. The van der Waals surface area contributed by atoms with Gasteiger partial charge >= 0.3 is 6.03 Å². The number of nitrogens with zero attached hydrogens (tertiary/aromatic N) is 1. The Balaban J connectivity index is 1.93. The largest absolute Gasteiger partial charge is 0.389 e. The Morgan fingerprint density at radius 3 is 2.75 bits per heavy atom. The summed E-state index contributed by atoms with van der Waals surface area (Å²) in [5.74, 6) is 0. The number of H-pyrrole nitrogens is 1. The van der Waals surface area contributed by atoms with Crippen LogP contribution in [0.15, 0.2) is 30.3 Å². The maximum atomic E-state index is 11.9. The fraction of sp³-hybridized carbons (Fsp3) is 0.400. The highest BCUT2D eigenvalue weighted by atomic mass is 16.3. The van der Waals surface area contributed by atoms with E-state index in [0.717, 1.165) is 16.6 Å². The van der Waals surface area contributed by atoms with E-state index in [2.05, 4.69) is 10.3 Å². The molecule has 2 aromatic rings. The predicted molar refractivity (Wildman–Crippen MR) is 79.5 cm³/mol. The molecule has 5 heteroatoms. The molecule has 5 nitrogen and oxygen atoms in total. The van der Waals surface area contributed by atoms with Gasteiger partial charge in [-0.15, -0.1) is 0 Å². The first-order valence-electron chi connectivity index (χ1n) is 6.63. The molecule has 0 spiro atoms. The topological polar surface area (TPSA) is 68.4 Å². The number of aromatic amines is 1. The summed E-state index contributed by atoms with van der Waals surface area (Å²) < 4.78 is 0. The van der Waals surface area contributed by atoms with E-state index >= 15 is 0 Å². The summed E-state index contributed by atoms with van der Waals surface area (Å²) in [6.07, 6.45) is 0. The molecule has 0 bridgehead atoms. The van der Waals surface area contributed by atoms with E-state index in [1.807, 2.05) is 30.3 Å². The number of aromatic nitrogens is 1. The molecule has 1 heterocycles. The van der Waals surface area contributed by atoms with Gasteiger partial charge < -0.3 is 20.3 Å². The molecule has 0 fully saturated rings. The Bertz CT molecular complexity index is 565. The monoisotopic (exact) mass is 275 g/mol. The number of benzene rings is 1. The van der Waals surface area contributed by atoms with Gasteiger partial charge in [0, 0.05) is 18.3 Å². The summed E-state index contributed by atoms with van der Waals surface area (Å²) in [5, 5.41) is 13.6. The third-order valence-electron chi connectivity index (χ3n) is 2.99. The number of carbonyl (C=O) groups excluding carboxylic acids is 1. The Morgan fingerprint density at radius 1 is 1.40 bits per heavy atom. The van der Waals surface area contributed by atoms with Crippen molar-refractivity contribution in [1.82, 2.24) is 15.2 Å². The second-order valence-electron chi connectivity index (χ2n) is 5.71. The van der Waals surface area contributed by atoms with Crippen LogP contribution in [0.25, 0.3) is 10.9 Å². The van der Waals surface area contributed by atoms with Gasteiger partial charge in [-0.1, -0.05) is 18.2 Å². The number of urea groups is 1. The van der Waals surface area contributed by atoms with Crippen LogP contribution in [0.2, 0.25) is 0 Å². The minimum absolute atomic E-state index is 0.203. The molecule has 0 saturated heterocycles. The van der Waals surface area contributed by atoms with Crippen molar-refractivity contribution in [3.63, 3.8) is 0 Å². The van der Waals surface area contributed by atoms with Gasteiger partial charge in [0.25, 0.3) is 0 Å². The number of rotatable bonds is 4. The molecule has 1 aromatic carbocycles. The first kappa shape index (κ1) is 14.4. The molecule has 0 unspecified atom stereocenters. The molecule has 0 radical (unpaired) electrons. The Kier molecular flexibility index (Phi) is 3.99. The summed E-state index contributed by atoms with van der Waals surface area (Å²) in [6.45, 7) is 4.07. The van der Waals surface area contributed by atoms with Gasteiger partial charge in [-0.25, -0.2) is 4.79 Å². The van der Waals surface area contributed by atoms with Crippen LogP contribution in [0.5, 0.6) is 0 Å². The molecule has 2 rings (SSSR count). The van der Waals surface area contributed by atoms with Crippen LogP contribution in [0.1, 0.15) is 19.5 Å². The number of hydrogen-bond acceptors (Lipinski definition) is 2. The second-order valence-corrected chi connectivity index (χ2v) is 5.71. The van der Waals surface area contributed by atoms with Crippen molar-refractivity contribution in [1.29, 1.82) is 0 Å². The predicted octanol–water partition coefficient (Wildman–Crippen LogP) is 2.08. The Hall–Kier alpha value is -2.01. The first-order chi connectivity index (χ1) is 9.35. The highest BCUT2D eigenvalue weighted by Crippen LogP contribution is 2.14. The van der Waals surface area contributed by atoms with Crippen LogP contribution < -0.4 is 5.32 Å². The maximum absolute atomic E-state index is 11.9. The van der Waals surface area contributed by atoms with Crippen LogP contribution in [-0.2, 0) is 6.54 Å². The Labute approximate surface area is 118 Å². The molecule has 2 amide bonds. The van der Waals surface area contributed by atoms with Gasteiger partial charge in [-0.05, 0) is 31.4 Å². The summed E-state index contributed by atoms with van der Waals surface area (Å²) >= 11 is 0. The van der Waals surface area contributed by atoms with E-state index in [0.29, 0.717) is 6.54 Å². The van der Waals surface area contributed by atoms with Crippen LogP contribution >= 0.6 is 0 Å². The second kappa shape index (κ2) is 5.54. The molecular formula is C15H21N3O2. The highest BCUT2D eigenvalue weighted by molar-refractivity contribution is 5.80. The van der Waals surface area contributed by atoms with Crippen molar-refractivity contribution in [2.45, 2.75) is 26.0 Å². The number of fused-ring (bicyclic) bond motifs is 1. The zero-order chi connectivity index (χ0) is 14.8. The molecular weight excluding hydrogens is 254 g/mol. The fourth-order valence-corrected chi connectivity index (χ4v) is 2.19. The average Bonchev–Trinajstić information content (AvgIpc) is 2.76. The van der Waals surface area contributed by atoms with E-state index in [9.17, 15) is 9.90 Å². The number of likely N-dealkylation sites (N-methyl/N-ethyl adjacent to an activating group) is 1. The minimum Gasteiger partial charge on any atom is -0.389 e. The summed E-state index contributed by atoms with van der Waals surface area (Å²) in [6, 6.07) is 9.80. The van der Waals surface area contributed by atoms with Crippen LogP contribution in [0.4, 0.5) is 4.79 Å². The van der Waals surface area contributed by atoms with Crippen molar-refractivity contribution in [2.75, 3.05) is 13.6 Å². The maximum Gasteiger partial charge on any atom is 0.317 e. The molecule has 3 N–H and O–H groups in total. The fourth-order valence-electron chi connectivity index (χ4n) is 2.19. The highest BCUT2D eigenvalue weighted by Gasteiger charge is 2.19. The number of para-hydroxylation sites is 1. The lowest BCUT2D eigenvalue weighted by atomic mass is 10.1. The van der Waals surface area contributed by atoms with Crippen molar-refractivity contribution in [3.05, 3.63) is 36.0 Å². The molecule has 0 saturated carbocycles. The molecule has 108 valence electrons. The van der Waals surface area contributed by atoms with E-state index in [1.54, 1.807) is 20.9 Å². The van der Waals surface area contributed by atoms with Crippen LogP contribution in [0.3, 0.4) is 0 Å². The lowest BCUT2D eigenvalue weighted by molar-refractivity contribution is 0.0531. The van der Waals surface area contributed by atoms with Crippen molar-refractivity contribution >= 4 is 16.9 Å². The Morgan fingerprint density at radius 2 is 2.10 bits per heavy atom. The zero-order valence-electron chi connectivity index (χ0n) is 12.1. The summed E-state index contributed by atoms with van der Waals surface area (Å²) in [5.41, 5.74) is 1.12. The minimum atomic E-state index is -0.896. The third kappa shape index (κ3) is 3.74. The van der Waals surface area contributed by atoms with Crippen LogP contribution in [-0.4, -0.2) is 40.2 Å². The molecule has 20 heavy (non-hydrogen) atoms. The van der Waals surface area contributed by atoms with Gasteiger partial charge in [-0.3, -0.25) is 0 Å². The van der Waals surface area contributed by atoms with E-state index in [1.165, 1.54) is 4.90 Å². The third-order valence-corrected chi connectivity index (χ3v) is 2.99. The molecule has 0 atom stereocenters. The molecule has 1 aromatic heterocycles. The van der Waals surface area contributed by atoms with Gasteiger partial charge in [0.05, 0.1) is 18.7 Å². The zero-order valence-corrected chi connectivity index (χ0v) is 12.1. The quantitative estimate of drug-likeness (QED) is 0.799. The average molecular weight is 275 g/mol. The number of nitrogens with one attached hydrogen (secondary N) is 2. The standard InChI is InChI=1S/C15H21N3O2/c1-15(2,20)10-18(3)14(19)16-9-12-8-11-6-4-5-7-13(11)17-12/h4-8,17,20H,9-10H2,1-3H3,(H,16,19). The van der Waals surface area contributed by atoms with Gasteiger partial charge in [0.2, 0.25) is 0 Å². The first-order valence-corrected chi connectivity index (χ1v) is 6.63. The number of amides is 2. The molecule has 0 aliphatic carbocycles. The van der Waals surface area contributed by atoms with E-state index < -0.39 is 5.60 Å². The normalized spacial score (nSPS) is 11.6. The van der Waals surface area contributed by atoms with Gasteiger partial charge in [0.1, 0.15) is 0 Å². The summed E-state index contributed by atoms with van der Waals surface area (Å²) in [7, 11) is 1.67. The smallest absolute Gasteiger partial charge is 0.317 e. The molecule has 0 aliphatic rings. The number of carbonyl (C=O) groups is 1. The van der Waals surface area contributed by atoms with Gasteiger partial charge in [-0.2, -0.15) is 0 Å². The van der Waals surface area contributed by atoms with E-state index in [4.69, 9.17) is 0 Å².